The van der Waals surface area contributed by atoms with Crippen molar-refractivity contribution in [3.8, 4) is 5.75 Å². The third-order valence-electron chi connectivity index (χ3n) is 4.59. The van der Waals surface area contributed by atoms with Gasteiger partial charge in [0.25, 0.3) is 0 Å². The lowest BCUT2D eigenvalue weighted by Crippen LogP contribution is -2.29. The molecular formula is C17H17N3O. The summed E-state index contributed by atoms with van der Waals surface area (Å²) in [6.45, 7) is 2.24. The van der Waals surface area contributed by atoms with Crippen molar-refractivity contribution in [1.82, 2.24) is 15.0 Å². The molecule has 4 rings (SSSR count). The molecule has 0 spiro atoms. The molecule has 21 heavy (non-hydrogen) atoms. The Kier molecular flexibility index (Phi) is 2.55. The van der Waals surface area contributed by atoms with Gasteiger partial charge in [-0.1, -0.05) is 23.4 Å². The van der Waals surface area contributed by atoms with Crippen molar-refractivity contribution in [3.63, 3.8) is 0 Å². The topological polar surface area (TPSA) is 39.9 Å². The van der Waals surface area contributed by atoms with Gasteiger partial charge in [-0.25, -0.2) is 4.68 Å². The summed E-state index contributed by atoms with van der Waals surface area (Å²) < 4.78 is 7.40. The van der Waals surface area contributed by atoms with Crippen molar-refractivity contribution in [2.24, 2.45) is 0 Å². The van der Waals surface area contributed by atoms with E-state index in [1.165, 1.54) is 11.1 Å². The third kappa shape index (κ3) is 1.68. The number of nitrogens with zero attached hydrogens (tertiary/aromatic N) is 3. The van der Waals surface area contributed by atoms with Crippen molar-refractivity contribution in [1.29, 1.82) is 0 Å². The van der Waals surface area contributed by atoms with E-state index in [1.54, 1.807) is 7.11 Å². The zero-order valence-electron chi connectivity index (χ0n) is 12.2. The molecule has 1 atom stereocenters. The average molecular weight is 279 g/mol. The number of benzene rings is 2. The van der Waals surface area contributed by atoms with E-state index < -0.39 is 0 Å². The maximum absolute atomic E-state index is 5.33. The summed E-state index contributed by atoms with van der Waals surface area (Å²) in [5.41, 5.74) is 4.55. The fraction of sp³-hybridized carbons (Fsp3) is 0.294. The van der Waals surface area contributed by atoms with Gasteiger partial charge >= 0.3 is 0 Å². The van der Waals surface area contributed by atoms with Crippen LogP contribution in [0.2, 0.25) is 0 Å². The van der Waals surface area contributed by atoms with E-state index in [0.29, 0.717) is 0 Å². The predicted octanol–water partition coefficient (Wildman–Crippen LogP) is 3.15. The van der Waals surface area contributed by atoms with Crippen LogP contribution < -0.4 is 4.74 Å². The Hall–Kier alpha value is -2.36. The smallest absolute Gasteiger partial charge is 0.119 e. The molecule has 4 heteroatoms. The molecule has 106 valence electrons. The number of hydrogen-bond acceptors (Lipinski definition) is 3. The van der Waals surface area contributed by atoms with E-state index >= 15 is 0 Å². The molecule has 0 amide bonds. The van der Waals surface area contributed by atoms with Gasteiger partial charge in [0.15, 0.2) is 0 Å². The van der Waals surface area contributed by atoms with Crippen LogP contribution in [0.15, 0.2) is 42.5 Å². The van der Waals surface area contributed by atoms with Gasteiger partial charge in [-0.15, -0.1) is 5.10 Å². The minimum Gasteiger partial charge on any atom is -0.497 e. The maximum Gasteiger partial charge on any atom is 0.119 e. The Bertz CT molecular complexity index is 824. The lowest BCUT2D eigenvalue weighted by molar-refractivity contribution is 0.355. The highest BCUT2D eigenvalue weighted by atomic mass is 16.5. The highest BCUT2D eigenvalue weighted by Gasteiger charge is 2.38. The first-order valence-corrected chi connectivity index (χ1v) is 7.21. The van der Waals surface area contributed by atoms with Gasteiger partial charge in [-0.05, 0) is 55.2 Å². The first-order valence-electron chi connectivity index (χ1n) is 7.21. The van der Waals surface area contributed by atoms with E-state index in [-0.39, 0.29) is 5.54 Å². The number of rotatable bonds is 2. The molecule has 4 nitrogen and oxygen atoms in total. The van der Waals surface area contributed by atoms with Crippen LogP contribution >= 0.6 is 0 Å². The largest absolute Gasteiger partial charge is 0.497 e. The fourth-order valence-electron chi connectivity index (χ4n) is 3.40. The van der Waals surface area contributed by atoms with Crippen LogP contribution in [-0.4, -0.2) is 22.1 Å². The Labute approximate surface area is 123 Å². The Balaban J connectivity index is 1.90. The lowest BCUT2D eigenvalue weighted by Gasteiger charge is -2.26. The van der Waals surface area contributed by atoms with E-state index in [4.69, 9.17) is 4.74 Å². The number of aryl methyl sites for hydroxylation is 1. The second kappa shape index (κ2) is 4.32. The van der Waals surface area contributed by atoms with Crippen molar-refractivity contribution >= 4 is 11.0 Å². The fourth-order valence-corrected chi connectivity index (χ4v) is 3.40. The van der Waals surface area contributed by atoms with Gasteiger partial charge in [0.1, 0.15) is 11.3 Å². The maximum atomic E-state index is 5.33. The van der Waals surface area contributed by atoms with Crippen LogP contribution in [0.4, 0.5) is 0 Å². The van der Waals surface area contributed by atoms with Crippen molar-refractivity contribution in [3.05, 3.63) is 53.6 Å². The summed E-state index contributed by atoms with van der Waals surface area (Å²) in [5, 5.41) is 8.73. The van der Waals surface area contributed by atoms with E-state index in [2.05, 4.69) is 40.1 Å². The summed E-state index contributed by atoms with van der Waals surface area (Å²) in [5.74, 6) is 0.918. The van der Waals surface area contributed by atoms with Crippen LogP contribution in [0, 0.1) is 0 Å². The molecule has 0 saturated heterocycles. The molecule has 0 aliphatic heterocycles. The highest BCUT2D eigenvalue weighted by Crippen LogP contribution is 2.41. The molecule has 1 aliphatic carbocycles. The van der Waals surface area contributed by atoms with Gasteiger partial charge in [0.2, 0.25) is 0 Å². The third-order valence-corrected chi connectivity index (χ3v) is 4.59. The minimum atomic E-state index is -0.141. The van der Waals surface area contributed by atoms with Gasteiger partial charge < -0.3 is 4.74 Å². The van der Waals surface area contributed by atoms with E-state index in [1.807, 2.05) is 24.3 Å². The Morgan fingerprint density at radius 3 is 2.90 bits per heavy atom. The summed E-state index contributed by atoms with van der Waals surface area (Å²) in [6.07, 6.45) is 2.07. The van der Waals surface area contributed by atoms with Gasteiger partial charge in [0, 0.05) is 0 Å². The molecule has 2 aromatic carbocycles. The van der Waals surface area contributed by atoms with Crippen molar-refractivity contribution in [2.45, 2.75) is 25.3 Å². The summed E-state index contributed by atoms with van der Waals surface area (Å²) in [6, 6.07) is 14.5. The number of ether oxygens (including phenoxy) is 1. The lowest BCUT2D eigenvalue weighted by atomic mass is 9.94. The van der Waals surface area contributed by atoms with E-state index in [0.717, 1.165) is 29.6 Å². The normalized spacial score (nSPS) is 20.7. The van der Waals surface area contributed by atoms with Crippen LogP contribution in [-0.2, 0) is 12.0 Å². The molecule has 0 N–H and O–H groups in total. The zero-order chi connectivity index (χ0) is 14.4. The molecular weight excluding hydrogens is 262 g/mol. The minimum absolute atomic E-state index is 0.141. The van der Waals surface area contributed by atoms with Crippen LogP contribution in [0.1, 0.15) is 24.5 Å². The monoisotopic (exact) mass is 279 g/mol. The molecule has 0 bridgehead atoms. The molecule has 1 aliphatic rings. The predicted molar refractivity (Wildman–Crippen MR) is 81.6 cm³/mol. The number of hydrogen-bond donors (Lipinski definition) is 0. The number of aromatic nitrogens is 3. The Morgan fingerprint density at radius 2 is 2.05 bits per heavy atom. The standard InChI is InChI=1S/C17H17N3O/c1-17(20-16-6-4-3-5-15(16)18-19-20)10-9-12-11-13(21-2)7-8-14(12)17/h3-8,11H,9-10H2,1-2H3. The number of fused-ring (bicyclic) bond motifs is 2. The first kappa shape index (κ1) is 12.4. The SMILES string of the molecule is COc1ccc2c(c1)CCC2(C)n1nnc2ccccc21. The molecule has 0 fully saturated rings. The summed E-state index contributed by atoms with van der Waals surface area (Å²) in [4.78, 5) is 0. The quantitative estimate of drug-likeness (QED) is 0.723. The van der Waals surface area contributed by atoms with Crippen molar-refractivity contribution < 1.29 is 4.74 Å². The van der Waals surface area contributed by atoms with Gasteiger partial charge in [-0.3, -0.25) is 0 Å². The Morgan fingerprint density at radius 1 is 1.19 bits per heavy atom. The molecule has 0 saturated carbocycles. The van der Waals surface area contributed by atoms with Crippen molar-refractivity contribution in [2.75, 3.05) is 7.11 Å². The average Bonchev–Trinajstić information content (AvgIpc) is 3.10. The highest BCUT2D eigenvalue weighted by molar-refractivity contribution is 5.74. The molecule has 1 unspecified atom stereocenters. The number of methoxy groups -OCH3 is 1. The van der Waals surface area contributed by atoms with Gasteiger partial charge in [0.05, 0.1) is 18.2 Å². The van der Waals surface area contributed by atoms with Crippen LogP contribution in [0.5, 0.6) is 5.75 Å². The second-order valence-electron chi connectivity index (χ2n) is 5.79. The molecule has 3 aromatic rings. The second-order valence-corrected chi connectivity index (χ2v) is 5.79. The van der Waals surface area contributed by atoms with E-state index in [9.17, 15) is 0 Å². The first-order chi connectivity index (χ1) is 10.2. The summed E-state index contributed by atoms with van der Waals surface area (Å²) >= 11 is 0. The summed E-state index contributed by atoms with van der Waals surface area (Å²) in [7, 11) is 1.71. The zero-order valence-corrected chi connectivity index (χ0v) is 12.2. The van der Waals surface area contributed by atoms with Crippen LogP contribution in [0.3, 0.4) is 0 Å². The number of para-hydroxylation sites is 1. The van der Waals surface area contributed by atoms with Gasteiger partial charge in [-0.2, -0.15) is 0 Å². The van der Waals surface area contributed by atoms with Crippen LogP contribution in [0.25, 0.3) is 11.0 Å². The molecule has 1 heterocycles. The molecule has 0 radical (unpaired) electrons. The molecule has 1 aromatic heterocycles.